The fraction of sp³-hybridized carbons (Fsp3) is 0.500. The van der Waals surface area contributed by atoms with Gasteiger partial charge in [0.25, 0.3) is 10.0 Å². The molecule has 0 bridgehead atoms. The quantitative estimate of drug-likeness (QED) is 0.446. The number of carbonyl (C=O) groups is 2. The lowest BCUT2D eigenvalue weighted by molar-refractivity contribution is -0.146. The topological polar surface area (TPSA) is 159 Å². The highest BCUT2D eigenvalue weighted by atomic mass is 32.2. The summed E-state index contributed by atoms with van der Waals surface area (Å²) in [6, 6.07) is 0. The van der Waals surface area contributed by atoms with Gasteiger partial charge in [0.2, 0.25) is 15.4 Å². The van der Waals surface area contributed by atoms with E-state index in [0.29, 0.717) is 11.3 Å². The van der Waals surface area contributed by atoms with Crippen LogP contribution >= 0.6 is 11.3 Å². The molecule has 0 spiro atoms. The number of amides is 1. The molecule has 0 aromatic carbocycles. The molecule has 1 heterocycles. The van der Waals surface area contributed by atoms with Gasteiger partial charge in [-0.3, -0.25) is 4.79 Å². The van der Waals surface area contributed by atoms with Crippen molar-refractivity contribution >= 4 is 38.4 Å². The molecule has 4 N–H and O–H groups in total. The number of carboxylic acid groups (broad SMARTS) is 1. The van der Waals surface area contributed by atoms with Crippen LogP contribution < -0.4 is 10.0 Å². The molecular weight excluding hydrogens is 312 g/mol. The number of carboxylic acids is 1. The van der Waals surface area contributed by atoms with E-state index in [0.717, 1.165) is 0 Å². The lowest BCUT2D eigenvalue weighted by Gasteiger charge is -2.05. The highest BCUT2D eigenvalue weighted by Gasteiger charge is 2.21. The Morgan fingerprint density at radius 1 is 1.40 bits per heavy atom. The van der Waals surface area contributed by atoms with Gasteiger partial charge < -0.3 is 15.5 Å². The molecule has 0 aliphatic heterocycles. The van der Waals surface area contributed by atoms with Crippen molar-refractivity contribution in [1.29, 1.82) is 0 Å². The first-order valence-electron chi connectivity index (χ1n) is 5.24. The normalized spacial score (nSPS) is 12.9. The predicted molar refractivity (Wildman–Crippen MR) is 67.7 cm³/mol. The van der Waals surface area contributed by atoms with E-state index in [4.69, 9.17) is 10.2 Å². The van der Waals surface area contributed by atoms with Gasteiger partial charge in [-0.15, -0.1) is 10.2 Å². The zero-order valence-electron chi connectivity index (χ0n) is 10.2. The fourth-order valence-electron chi connectivity index (χ4n) is 1.03. The first kappa shape index (κ1) is 16.4. The Morgan fingerprint density at radius 2 is 2.05 bits per heavy atom. The molecule has 10 nitrogen and oxygen atoms in total. The summed E-state index contributed by atoms with van der Waals surface area (Å²) in [7, 11) is -3.96. The van der Waals surface area contributed by atoms with Crippen LogP contribution in [0.25, 0.3) is 0 Å². The number of carbonyl (C=O) groups excluding carboxylic acids is 1. The monoisotopic (exact) mass is 324 g/mol. The number of nitrogens with zero attached hydrogens (tertiary/aromatic N) is 2. The Morgan fingerprint density at radius 3 is 2.60 bits per heavy atom. The molecular formula is C8H12N4O6S2. The summed E-state index contributed by atoms with van der Waals surface area (Å²) in [4.78, 5) is 21.1. The number of sulfonamides is 1. The minimum absolute atomic E-state index is 0.0310. The zero-order valence-corrected chi connectivity index (χ0v) is 11.9. The van der Waals surface area contributed by atoms with Crippen molar-refractivity contribution in [3.63, 3.8) is 0 Å². The first-order chi connectivity index (χ1) is 9.22. The van der Waals surface area contributed by atoms with Crippen LogP contribution in [0.1, 0.15) is 13.3 Å². The lowest BCUT2D eigenvalue weighted by Crippen LogP contribution is -2.30. The molecule has 0 saturated heterocycles. The first-order valence-corrected chi connectivity index (χ1v) is 7.54. The molecule has 1 amide bonds. The largest absolute Gasteiger partial charge is 0.479 e. The maximum absolute atomic E-state index is 11.7. The average molecular weight is 324 g/mol. The third kappa shape index (κ3) is 4.80. The van der Waals surface area contributed by atoms with Crippen LogP contribution in [-0.2, 0) is 19.6 Å². The zero-order chi connectivity index (χ0) is 15.3. The summed E-state index contributed by atoms with van der Waals surface area (Å²) < 4.78 is 25.2. The second-order valence-electron chi connectivity index (χ2n) is 3.59. The molecule has 1 unspecified atom stereocenters. The number of nitrogens with one attached hydrogen (secondary N) is 2. The summed E-state index contributed by atoms with van der Waals surface area (Å²) in [5.74, 6) is -1.85. The molecule has 0 aliphatic carbocycles. The molecule has 0 radical (unpaired) electrons. The Labute approximate surface area is 117 Å². The van der Waals surface area contributed by atoms with Gasteiger partial charge in [0.1, 0.15) is 0 Å². The number of aliphatic carboxylic acids is 1. The van der Waals surface area contributed by atoms with Crippen LogP contribution in [0, 0.1) is 0 Å². The number of hydrogen-bond donors (Lipinski definition) is 4. The van der Waals surface area contributed by atoms with Gasteiger partial charge in [0.05, 0.1) is 0 Å². The van der Waals surface area contributed by atoms with E-state index in [2.05, 4.69) is 20.2 Å². The standard InChI is InChI=1S/C8H12N4O6S2/c1-4(13)10-7-11-12-8(19-7)20(17,18)9-3-2-5(14)6(15)16/h5,9,14H,2-3H2,1H3,(H,15,16)(H,10,11,13). The maximum Gasteiger partial charge on any atom is 0.332 e. The van der Waals surface area contributed by atoms with E-state index in [9.17, 15) is 18.0 Å². The number of anilines is 1. The highest BCUT2D eigenvalue weighted by Crippen LogP contribution is 2.19. The minimum Gasteiger partial charge on any atom is -0.479 e. The van der Waals surface area contributed by atoms with Crippen LogP contribution in [0.5, 0.6) is 0 Å². The Kier molecular flexibility index (Phi) is 5.50. The molecule has 20 heavy (non-hydrogen) atoms. The van der Waals surface area contributed by atoms with E-state index in [1.54, 1.807) is 0 Å². The van der Waals surface area contributed by atoms with Gasteiger partial charge in [0.15, 0.2) is 6.10 Å². The molecule has 112 valence electrons. The highest BCUT2D eigenvalue weighted by molar-refractivity contribution is 7.91. The molecule has 0 aliphatic rings. The molecule has 0 fully saturated rings. The van der Waals surface area contributed by atoms with Crippen molar-refractivity contribution in [3.8, 4) is 0 Å². The number of aliphatic hydroxyl groups is 1. The number of aliphatic hydroxyl groups excluding tert-OH is 1. The van der Waals surface area contributed by atoms with Gasteiger partial charge in [-0.2, -0.15) is 0 Å². The van der Waals surface area contributed by atoms with Crippen LogP contribution in [0.3, 0.4) is 0 Å². The van der Waals surface area contributed by atoms with Crippen molar-refractivity contribution in [3.05, 3.63) is 0 Å². The van der Waals surface area contributed by atoms with Gasteiger partial charge in [0, 0.05) is 13.5 Å². The third-order valence-corrected chi connectivity index (χ3v) is 4.58. The van der Waals surface area contributed by atoms with E-state index in [1.165, 1.54) is 6.92 Å². The van der Waals surface area contributed by atoms with E-state index in [1.807, 2.05) is 0 Å². The summed E-state index contributed by atoms with van der Waals surface area (Å²) in [6.07, 6.45) is -1.94. The molecule has 1 atom stereocenters. The Hall–Kier alpha value is -1.63. The third-order valence-electron chi connectivity index (χ3n) is 1.91. The Balaban J connectivity index is 2.62. The Bertz CT molecular complexity index is 598. The van der Waals surface area contributed by atoms with Crippen molar-refractivity contribution in [1.82, 2.24) is 14.9 Å². The van der Waals surface area contributed by atoms with Gasteiger partial charge in [-0.1, -0.05) is 11.3 Å². The van der Waals surface area contributed by atoms with Crippen molar-refractivity contribution in [2.75, 3.05) is 11.9 Å². The summed E-state index contributed by atoms with van der Waals surface area (Å²) in [6.45, 7) is 0.964. The summed E-state index contributed by atoms with van der Waals surface area (Å²) >= 11 is 0.650. The second kappa shape index (κ2) is 6.69. The average Bonchev–Trinajstić information content (AvgIpc) is 2.76. The minimum atomic E-state index is -3.96. The van der Waals surface area contributed by atoms with Crippen molar-refractivity contribution in [2.45, 2.75) is 23.8 Å². The molecule has 0 saturated carbocycles. The van der Waals surface area contributed by atoms with Gasteiger partial charge in [-0.05, 0) is 6.42 Å². The SMILES string of the molecule is CC(=O)Nc1nnc(S(=O)(=O)NCCC(O)C(=O)O)s1. The summed E-state index contributed by atoms with van der Waals surface area (Å²) in [5.41, 5.74) is 0. The number of aromatic nitrogens is 2. The smallest absolute Gasteiger partial charge is 0.332 e. The van der Waals surface area contributed by atoms with Gasteiger partial charge in [-0.25, -0.2) is 17.9 Å². The van der Waals surface area contributed by atoms with Crippen molar-refractivity contribution < 1.29 is 28.2 Å². The number of rotatable bonds is 7. The lowest BCUT2D eigenvalue weighted by atomic mass is 10.3. The van der Waals surface area contributed by atoms with Crippen molar-refractivity contribution in [2.24, 2.45) is 0 Å². The fourth-order valence-corrected chi connectivity index (χ4v) is 3.07. The molecule has 12 heteroatoms. The van der Waals surface area contributed by atoms with Crippen LogP contribution in [-0.4, -0.2) is 53.4 Å². The van der Waals surface area contributed by atoms with Crippen LogP contribution in [0.2, 0.25) is 0 Å². The molecule has 1 aromatic heterocycles. The van der Waals surface area contributed by atoms with E-state index >= 15 is 0 Å². The second-order valence-corrected chi connectivity index (χ2v) is 6.51. The van der Waals surface area contributed by atoms with Crippen LogP contribution in [0.4, 0.5) is 5.13 Å². The van der Waals surface area contributed by atoms with E-state index < -0.39 is 28.0 Å². The van der Waals surface area contributed by atoms with E-state index in [-0.39, 0.29) is 22.4 Å². The summed E-state index contributed by atoms with van der Waals surface area (Å²) in [5, 5.41) is 26.6. The predicted octanol–water partition coefficient (Wildman–Crippen LogP) is -1.39. The number of hydrogen-bond acceptors (Lipinski definition) is 8. The maximum atomic E-state index is 11.7. The van der Waals surface area contributed by atoms with Gasteiger partial charge >= 0.3 is 5.97 Å². The van der Waals surface area contributed by atoms with Crippen LogP contribution in [0.15, 0.2) is 4.34 Å². The molecule has 1 aromatic rings. The molecule has 1 rings (SSSR count).